The topological polar surface area (TPSA) is 33.2 Å². The Labute approximate surface area is 137 Å². The monoisotopic (exact) mass is 308 g/mol. The number of hydrogen-bond acceptors (Lipinski definition) is 2. The smallest absolute Gasteiger partial charge is 0.222 e. The van der Waals surface area contributed by atoms with E-state index in [0.29, 0.717) is 30.3 Å². The third kappa shape index (κ3) is 2.62. The van der Waals surface area contributed by atoms with E-state index in [1.54, 1.807) is 0 Å². The number of pyridine rings is 1. The number of aromatic nitrogens is 1. The number of carbonyl (C=O) groups is 1. The molecule has 0 N–H and O–H groups in total. The van der Waals surface area contributed by atoms with E-state index in [1.807, 2.05) is 19.3 Å². The number of piperidine rings is 1. The fraction of sp³-hybridized carbons (Fsp3) is 0.500. The fourth-order valence-corrected chi connectivity index (χ4v) is 4.70. The highest BCUT2D eigenvalue weighted by Crippen LogP contribution is 2.40. The van der Waals surface area contributed by atoms with Gasteiger partial charge >= 0.3 is 0 Å². The average Bonchev–Trinajstić information content (AvgIpc) is 2.85. The number of fused-ring (bicyclic) bond motifs is 3. The molecule has 2 atom stereocenters. The van der Waals surface area contributed by atoms with Crippen molar-refractivity contribution < 1.29 is 4.79 Å². The van der Waals surface area contributed by atoms with Crippen LogP contribution >= 0.6 is 0 Å². The van der Waals surface area contributed by atoms with Crippen molar-refractivity contribution >= 4 is 16.7 Å². The first-order chi connectivity index (χ1) is 11.3. The zero-order valence-corrected chi connectivity index (χ0v) is 13.7. The van der Waals surface area contributed by atoms with E-state index >= 15 is 0 Å². The summed E-state index contributed by atoms with van der Waals surface area (Å²) in [5.41, 5.74) is 1.36. The number of rotatable bonds is 3. The van der Waals surface area contributed by atoms with E-state index in [2.05, 4.69) is 34.1 Å². The summed E-state index contributed by atoms with van der Waals surface area (Å²) in [6.07, 6.45) is 10.4. The molecule has 1 aromatic carbocycles. The lowest BCUT2D eigenvalue weighted by atomic mass is 9.85. The van der Waals surface area contributed by atoms with E-state index in [9.17, 15) is 4.79 Å². The Bertz CT molecular complexity index is 707. The van der Waals surface area contributed by atoms with Crippen LogP contribution in [0, 0.1) is 5.92 Å². The van der Waals surface area contributed by atoms with Crippen LogP contribution in [0.2, 0.25) is 0 Å². The fourth-order valence-electron chi connectivity index (χ4n) is 4.70. The minimum Gasteiger partial charge on any atom is -0.337 e. The van der Waals surface area contributed by atoms with Crippen LogP contribution in [0.5, 0.6) is 0 Å². The Hall–Kier alpha value is -1.90. The summed E-state index contributed by atoms with van der Waals surface area (Å²) < 4.78 is 0. The molecule has 2 aliphatic heterocycles. The summed E-state index contributed by atoms with van der Waals surface area (Å²) in [6, 6.07) is 9.48. The number of amides is 1. The van der Waals surface area contributed by atoms with E-state index in [1.165, 1.54) is 29.2 Å². The van der Waals surface area contributed by atoms with Gasteiger partial charge in [-0.05, 0) is 49.0 Å². The molecule has 4 rings (SSSR count). The van der Waals surface area contributed by atoms with Gasteiger partial charge in [0, 0.05) is 36.3 Å². The second-order valence-corrected chi connectivity index (χ2v) is 7.10. The molecule has 2 aliphatic rings. The Kier molecular flexibility index (Phi) is 3.80. The first kappa shape index (κ1) is 14.7. The molecule has 0 spiro atoms. The van der Waals surface area contributed by atoms with Crippen LogP contribution in [-0.2, 0) is 11.2 Å². The molecule has 0 radical (unpaired) electrons. The number of carbonyl (C=O) groups excluding carboxylic acids is 1. The van der Waals surface area contributed by atoms with Gasteiger partial charge in [-0.1, -0.05) is 31.2 Å². The number of hydrogen-bond donors (Lipinski definition) is 0. The van der Waals surface area contributed by atoms with Gasteiger partial charge in [-0.2, -0.15) is 0 Å². The quantitative estimate of drug-likeness (QED) is 0.860. The van der Waals surface area contributed by atoms with Gasteiger partial charge in [-0.25, -0.2) is 0 Å². The summed E-state index contributed by atoms with van der Waals surface area (Å²) >= 11 is 0. The minimum atomic E-state index is 0.350. The van der Waals surface area contributed by atoms with E-state index < -0.39 is 0 Å². The van der Waals surface area contributed by atoms with Crippen molar-refractivity contribution in [2.24, 2.45) is 5.92 Å². The van der Waals surface area contributed by atoms with Crippen LogP contribution in [0.3, 0.4) is 0 Å². The van der Waals surface area contributed by atoms with Crippen molar-refractivity contribution in [2.45, 2.75) is 57.5 Å². The van der Waals surface area contributed by atoms with Crippen LogP contribution in [-0.4, -0.2) is 27.9 Å². The second-order valence-electron chi connectivity index (χ2n) is 7.10. The van der Waals surface area contributed by atoms with Gasteiger partial charge in [-0.15, -0.1) is 0 Å². The number of nitrogens with zero attached hydrogens (tertiary/aromatic N) is 2. The van der Waals surface area contributed by atoms with Crippen molar-refractivity contribution in [2.75, 3.05) is 0 Å². The van der Waals surface area contributed by atoms with E-state index in [0.717, 1.165) is 19.3 Å². The largest absolute Gasteiger partial charge is 0.337 e. The number of benzene rings is 1. The van der Waals surface area contributed by atoms with E-state index in [-0.39, 0.29) is 0 Å². The summed E-state index contributed by atoms with van der Waals surface area (Å²) in [7, 11) is 0. The molecular formula is C20H24N2O. The first-order valence-corrected chi connectivity index (χ1v) is 8.89. The Morgan fingerprint density at radius 2 is 1.91 bits per heavy atom. The molecule has 1 amide bonds. The molecule has 3 nitrogen and oxygen atoms in total. The zero-order chi connectivity index (χ0) is 15.8. The van der Waals surface area contributed by atoms with E-state index in [4.69, 9.17) is 0 Å². The van der Waals surface area contributed by atoms with Gasteiger partial charge in [-0.3, -0.25) is 9.78 Å². The van der Waals surface area contributed by atoms with Crippen molar-refractivity contribution in [3.05, 3.63) is 42.2 Å². The van der Waals surface area contributed by atoms with Crippen LogP contribution in [0.15, 0.2) is 36.7 Å². The molecule has 3 heteroatoms. The Morgan fingerprint density at radius 3 is 2.65 bits per heavy atom. The Balaban J connectivity index is 1.54. The molecule has 2 fully saturated rings. The minimum absolute atomic E-state index is 0.350. The molecule has 2 saturated heterocycles. The van der Waals surface area contributed by atoms with Crippen molar-refractivity contribution in [3.8, 4) is 0 Å². The third-order valence-electron chi connectivity index (χ3n) is 5.68. The lowest BCUT2D eigenvalue weighted by molar-refractivity contribution is -0.136. The van der Waals surface area contributed by atoms with Crippen molar-refractivity contribution in [3.63, 3.8) is 0 Å². The van der Waals surface area contributed by atoms with Gasteiger partial charge < -0.3 is 4.90 Å². The molecule has 0 aliphatic carbocycles. The maximum Gasteiger partial charge on any atom is 0.222 e. The van der Waals surface area contributed by atoms with Crippen LogP contribution in [0.1, 0.15) is 44.6 Å². The highest BCUT2D eigenvalue weighted by atomic mass is 16.2. The van der Waals surface area contributed by atoms with Gasteiger partial charge in [0.15, 0.2) is 0 Å². The van der Waals surface area contributed by atoms with Crippen molar-refractivity contribution in [1.29, 1.82) is 0 Å². The second kappa shape index (κ2) is 5.95. The molecule has 0 saturated carbocycles. The molecule has 23 heavy (non-hydrogen) atoms. The SMILES string of the molecule is CCC(=O)N1C2CCC1CC(Cc1cncc3ccccc13)C2. The predicted octanol–water partition coefficient (Wildman–Crippen LogP) is 3.96. The molecule has 2 aromatic rings. The van der Waals surface area contributed by atoms with Gasteiger partial charge in [0.05, 0.1) is 0 Å². The molecule has 2 bridgehead atoms. The first-order valence-electron chi connectivity index (χ1n) is 8.89. The summed E-state index contributed by atoms with van der Waals surface area (Å²) in [5, 5.41) is 2.56. The van der Waals surface area contributed by atoms with Gasteiger partial charge in [0.1, 0.15) is 0 Å². The van der Waals surface area contributed by atoms with Crippen LogP contribution in [0.25, 0.3) is 10.8 Å². The predicted molar refractivity (Wildman–Crippen MR) is 92.1 cm³/mol. The highest BCUT2D eigenvalue weighted by molar-refractivity contribution is 5.84. The summed E-state index contributed by atoms with van der Waals surface area (Å²) in [5.74, 6) is 1.03. The third-order valence-corrected chi connectivity index (χ3v) is 5.68. The van der Waals surface area contributed by atoms with Crippen LogP contribution < -0.4 is 0 Å². The summed E-state index contributed by atoms with van der Waals surface area (Å²) in [4.78, 5) is 18.8. The summed E-state index contributed by atoms with van der Waals surface area (Å²) in [6.45, 7) is 1.98. The van der Waals surface area contributed by atoms with Crippen LogP contribution in [0.4, 0.5) is 0 Å². The normalized spacial score (nSPS) is 26.7. The molecule has 1 aromatic heterocycles. The average molecular weight is 308 g/mol. The molecule has 120 valence electrons. The zero-order valence-electron chi connectivity index (χ0n) is 13.7. The highest BCUT2D eigenvalue weighted by Gasteiger charge is 2.42. The molecule has 2 unspecified atom stereocenters. The maximum absolute atomic E-state index is 12.2. The Morgan fingerprint density at radius 1 is 1.17 bits per heavy atom. The molecule has 3 heterocycles. The standard InChI is InChI=1S/C20H24N2O/c1-2-20(23)22-17-7-8-18(22)11-14(10-17)9-16-13-21-12-15-5-3-4-6-19(15)16/h3-6,12-14,17-18H,2,7-11H2,1H3. The lowest BCUT2D eigenvalue weighted by Crippen LogP contribution is -2.46. The van der Waals surface area contributed by atoms with Gasteiger partial charge in [0.2, 0.25) is 5.91 Å². The van der Waals surface area contributed by atoms with Crippen molar-refractivity contribution in [1.82, 2.24) is 9.88 Å². The maximum atomic E-state index is 12.2. The van der Waals surface area contributed by atoms with Gasteiger partial charge in [0.25, 0.3) is 0 Å². The lowest BCUT2D eigenvalue weighted by Gasteiger charge is -2.39. The molecular weight excluding hydrogens is 284 g/mol.